The van der Waals surface area contributed by atoms with Gasteiger partial charge in [0.15, 0.2) is 0 Å². The lowest BCUT2D eigenvalue weighted by Crippen LogP contribution is -2.46. The number of hydrogen-bond donors (Lipinski definition) is 2. The Labute approximate surface area is 168 Å². The van der Waals surface area contributed by atoms with E-state index < -0.39 is 6.04 Å². The molecule has 2 aliphatic heterocycles. The van der Waals surface area contributed by atoms with Gasteiger partial charge in [0.25, 0.3) is 0 Å². The molecule has 0 bridgehead atoms. The first-order valence-corrected chi connectivity index (χ1v) is 9.81. The van der Waals surface area contributed by atoms with E-state index in [2.05, 4.69) is 15.5 Å². The number of carbonyl (C=O) groups excluding carboxylic acids is 2. The zero-order chi connectivity index (χ0) is 18.2. The van der Waals surface area contributed by atoms with Crippen LogP contribution in [0.25, 0.3) is 0 Å². The molecule has 1 aromatic rings. The first kappa shape index (κ1) is 21.7. The van der Waals surface area contributed by atoms with E-state index in [4.69, 9.17) is 0 Å². The largest absolute Gasteiger partial charge is 0.354 e. The maximum Gasteiger partial charge on any atom is 0.247 e. The van der Waals surface area contributed by atoms with Crippen LogP contribution in [0.4, 0.5) is 0 Å². The highest BCUT2D eigenvalue weighted by atomic mass is 35.5. The van der Waals surface area contributed by atoms with E-state index in [1.54, 1.807) is 4.90 Å². The van der Waals surface area contributed by atoms with Crippen LogP contribution in [0.15, 0.2) is 30.3 Å². The molecule has 0 radical (unpaired) electrons. The van der Waals surface area contributed by atoms with Gasteiger partial charge in [0.2, 0.25) is 11.8 Å². The number of piperazine rings is 1. The summed E-state index contributed by atoms with van der Waals surface area (Å²) in [7, 11) is 0. The quantitative estimate of drug-likeness (QED) is 0.689. The van der Waals surface area contributed by atoms with Crippen molar-refractivity contribution in [2.45, 2.75) is 31.7 Å². The van der Waals surface area contributed by atoms with Crippen LogP contribution in [0.5, 0.6) is 0 Å². The van der Waals surface area contributed by atoms with Gasteiger partial charge in [-0.3, -0.25) is 9.59 Å². The third-order valence-corrected chi connectivity index (χ3v) is 5.20. The third kappa shape index (κ3) is 6.19. The molecule has 27 heavy (non-hydrogen) atoms. The molecule has 2 aliphatic rings. The van der Waals surface area contributed by atoms with Gasteiger partial charge in [-0.25, -0.2) is 0 Å². The second-order valence-electron chi connectivity index (χ2n) is 7.09. The maximum absolute atomic E-state index is 12.9. The summed E-state index contributed by atoms with van der Waals surface area (Å²) in [5.41, 5.74) is 0.891. The number of benzene rings is 1. The first-order chi connectivity index (χ1) is 12.8. The maximum atomic E-state index is 12.9. The number of nitrogens with one attached hydrogen (secondary N) is 2. The molecule has 6 nitrogen and oxygen atoms in total. The second kappa shape index (κ2) is 11.3. The zero-order valence-corrected chi connectivity index (χ0v) is 16.7. The zero-order valence-electron chi connectivity index (χ0n) is 15.9. The highest BCUT2D eigenvalue weighted by Crippen LogP contribution is 2.25. The number of nitrogens with zero attached hydrogens (tertiary/aromatic N) is 2. The van der Waals surface area contributed by atoms with E-state index in [1.807, 2.05) is 30.3 Å². The molecule has 1 atom stereocenters. The molecule has 0 aliphatic carbocycles. The van der Waals surface area contributed by atoms with Gasteiger partial charge < -0.3 is 20.4 Å². The Hall–Kier alpha value is -1.63. The van der Waals surface area contributed by atoms with Crippen molar-refractivity contribution in [1.29, 1.82) is 0 Å². The van der Waals surface area contributed by atoms with Crippen LogP contribution in [0.2, 0.25) is 0 Å². The average molecular weight is 395 g/mol. The predicted molar refractivity (Wildman–Crippen MR) is 109 cm³/mol. The van der Waals surface area contributed by atoms with Crippen LogP contribution in [0, 0.1) is 0 Å². The van der Waals surface area contributed by atoms with E-state index >= 15 is 0 Å². The van der Waals surface area contributed by atoms with Crippen LogP contribution < -0.4 is 10.6 Å². The summed E-state index contributed by atoms with van der Waals surface area (Å²) in [4.78, 5) is 29.5. The van der Waals surface area contributed by atoms with E-state index in [9.17, 15) is 9.59 Å². The minimum Gasteiger partial charge on any atom is -0.354 e. The summed E-state index contributed by atoms with van der Waals surface area (Å²) < 4.78 is 0. The molecule has 2 heterocycles. The molecule has 0 saturated carbocycles. The number of halogens is 1. The molecule has 2 fully saturated rings. The molecule has 7 heteroatoms. The molecule has 0 spiro atoms. The molecule has 1 aromatic carbocycles. The lowest BCUT2D eigenvalue weighted by Gasteiger charge is -2.34. The Kier molecular flexibility index (Phi) is 9.04. The molecule has 3 rings (SSSR count). The number of piperidine rings is 1. The molecule has 150 valence electrons. The summed E-state index contributed by atoms with van der Waals surface area (Å²) in [6.07, 6.45) is 3.36. The van der Waals surface area contributed by atoms with Gasteiger partial charge in [0, 0.05) is 45.7 Å². The summed E-state index contributed by atoms with van der Waals surface area (Å²) in [6.45, 7) is 6.53. The van der Waals surface area contributed by atoms with Crippen LogP contribution >= 0.6 is 12.4 Å². The SMILES string of the molecule is Cl.O=C(NCCCN1CCNCC1)C(c1ccccc1)N1CCCCC1=O. The van der Waals surface area contributed by atoms with E-state index in [-0.39, 0.29) is 24.2 Å². The topological polar surface area (TPSA) is 64.7 Å². The van der Waals surface area contributed by atoms with Crippen LogP contribution in [-0.2, 0) is 9.59 Å². The van der Waals surface area contributed by atoms with Crippen molar-refractivity contribution in [2.75, 3.05) is 45.8 Å². The van der Waals surface area contributed by atoms with Gasteiger partial charge in [0.05, 0.1) is 0 Å². The fourth-order valence-corrected chi connectivity index (χ4v) is 3.75. The Morgan fingerprint density at radius 3 is 2.56 bits per heavy atom. The van der Waals surface area contributed by atoms with Crippen LogP contribution in [-0.4, -0.2) is 67.4 Å². The van der Waals surface area contributed by atoms with Crippen LogP contribution in [0.1, 0.15) is 37.3 Å². The van der Waals surface area contributed by atoms with Crippen molar-refractivity contribution in [3.8, 4) is 0 Å². The highest BCUT2D eigenvalue weighted by Gasteiger charge is 2.32. The fourth-order valence-electron chi connectivity index (χ4n) is 3.75. The number of rotatable bonds is 7. The molecule has 2 amide bonds. The Morgan fingerprint density at radius 1 is 1.11 bits per heavy atom. The van der Waals surface area contributed by atoms with Gasteiger partial charge in [-0.2, -0.15) is 0 Å². The van der Waals surface area contributed by atoms with Crippen molar-refractivity contribution >= 4 is 24.2 Å². The Morgan fingerprint density at radius 2 is 1.85 bits per heavy atom. The van der Waals surface area contributed by atoms with Crippen molar-refractivity contribution in [3.05, 3.63) is 35.9 Å². The predicted octanol–water partition coefficient (Wildman–Crippen LogP) is 1.57. The van der Waals surface area contributed by atoms with Crippen LogP contribution in [0.3, 0.4) is 0 Å². The Bertz CT molecular complexity index is 593. The summed E-state index contributed by atoms with van der Waals surface area (Å²) in [5.74, 6) is 0.0211. The molecule has 0 aromatic heterocycles. The standard InChI is InChI=1S/C20H30N4O2.ClH/c25-18-9-4-5-14-24(18)19(17-7-2-1-3-8-17)20(26)22-10-6-13-23-15-11-21-12-16-23;/h1-3,7-8,19,21H,4-6,9-16H2,(H,22,26);1H. The molecule has 2 N–H and O–H groups in total. The van der Waals surface area contributed by atoms with Gasteiger partial charge in [-0.15, -0.1) is 12.4 Å². The lowest BCUT2D eigenvalue weighted by molar-refractivity contribution is -0.142. The van der Waals surface area contributed by atoms with Crippen molar-refractivity contribution < 1.29 is 9.59 Å². The first-order valence-electron chi connectivity index (χ1n) is 9.81. The van der Waals surface area contributed by atoms with E-state index in [1.165, 1.54) is 0 Å². The van der Waals surface area contributed by atoms with Gasteiger partial charge >= 0.3 is 0 Å². The number of amides is 2. The smallest absolute Gasteiger partial charge is 0.247 e. The molecule has 1 unspecified atom stereocenters. The minimum absolute atomic E-state index is 0. The van der Waals surface area contributed by atoms with Crippen molar-refractivity contribution in [2.24, 2.45) is 0 Å². The van der Waals surface area contributed by atoms with E-state index in [0.29, 0.717) is 19.5 Å². The Balaban J connectivity index is 0.00000261. The highest BCUT2D eigenvalue weighted by molar-refractivity contribution is 5.89. The summed E-state index contributed by atoms with van der Waals surface area (Å²) in [6, 6.07) is 9.15. The minimum atomic E-state index is -0.511. The van der Waals surface area contributed by atoms with Gasteiger partial charge in [-0.05, 0) is 31.4 Å². The average Bonchev–Trinajstić information content (AvgIpc) is 2.69. The number of carbonyl (C=O) groups is 2. The van der Waals surface area contributed by atoms with Gasteiger partial charge in [-0.1, -0.05) is 30.3 Å². The summed E-state index contributed by atoms with van der Waals surface area (Å²) >= 11 is 0. The molecular weight excluding hydrogens is 364 g/mol. The third-order valence-electron chi connectivity index (χ3n) is 5.20. The molecule has 2 saturated heterocycles. The van der Waals surface area contributed by atoms with Crippen molar-refractivity contribution in [1.82, 2.24) is 20.4 Å². The number of hydrogen-bond acceptors (Lipinski definition) is 4. The molecular formula is C20H31ClN4O2. The normalized spacial score (nSPS) is 19.3. The monoisotopic (exact) mass is 394 g/mol. The van der Waals surface area contributed by atoms with Gasteiger partial charge in [0.1, 0.15) is 6.04 Å². The second-order valence-corrected chi connectivity index (χ2v) is 7.09. The summed E-state index contributed by atoms with van der Waals surface area (Å²) in [5, 5.41) is 6.41. The van der Waals surface area contributed by atoms with Crippen molar-refractivity contribution in [3.63, 3.8) is 0 Å². The number of likely N-dealkylation sites (tertiary alicyclic amines) is 1. The lowest BCUT2D eigenvalue weighted by atomic mass is 10.0. The fraction of sp³-hybridized carbons (Fsp3) is 0.600. The van der Waals surface area contributed by atoms with E-state index in [0.717, 1.165) is 57.5 Å².